The first-order valence-corrected chi connectivity index (χ1v) is 11.8. The first-order chi connectivity index (χ1) is 17.3. The Morgan fingerprint density at radius 1 is 1.08 bits per heavy atom. The number of ether oxygens (including phenoxy) is 1. The molecule has 1 amide bonds. The Kier molecular flexibility index (Phi) is 6.24. The monoisotopic (exact) mass is 504 g/mol. The van der Waals surface area contributed by atoms with Crippen molar-refractivity contribution in [1.82, 2.24) is 24.5 Å². The summed E-state index contributed by atoms with van der Waals surface area (Å²) in [7, 11) is 0. The van der Waals surface area contributed by atoms with Gasteiger partial charge in [0.25, 0.3) is 0 Å². The van der Waals surface area contributed by atoms with Crippen molar-refractivity contribution in [3.8, 4) is 17.1 Å². The molecule has 9 nitrogen and oxygen atoms in total. The lowest BCUT2D eigenvalue weighted by Crippen LogP contribution is -2.20. The number of anilines is 1. The average Bonchev–Trinajstić information content (AvgIpc) is 3.56. The lowest BCUT2D eigenvalue weighted by molar-refractivity contribution is -0.116. The van der Waals surface area contributed by atoms with Crippen LogP contribution >= 0.6 is 11.6 Å². The quantitative estimate of drug-likeness (QED) is 0.316. The van der Waals surface area contributed by atoms with Crippen molar-refractivity contribution >= 4 is 34.2 Å². The number of carbonyl (C=O) groups is 1. The van der Waals surface area contributed by atoms with Crippen molar-refractivity contribution < 1.29 is 13.9 Å². The third-order valence-corrected chi connectivity index (χ3v) is 6.44. The number of pyridine rings is 1. The van der Waals surface area contributed by atoms with Gasteiger partial charge in [0.05, 0.1) is 34.4 Å². The van der Waals surface area contributed by atoms with Crippen LogP contribution in [0.3, 0.4) is 0 Å². The van der Waals surface area contributed by atoms with Gasteiger partial charge in [-0.25, -0.2) is 14.3 Å². The summed E-state index contributed by atoms with van der Waals surface area (Å²) in [4.78, 5) is 17.5. The molecule has 10 heteroatoms. The summed E-state index contributed by atoms with van der Waals surface area (Å²) in [6.07, 6.45) is 3.32. The van der Waals surface area contributed by atoms with E-state index in [1.54, 1.807) is 27.9 Å². The van der Waals surface area contributed by atoms with Crippen molar-refractivity contribution in [2.45, 2.75) is 41.0 Å². The smallest absolute Gasteiger partial charge is 0.246 e. The fourth-order valence-electron chi connectivity index (χ4n) is 4.19. The van der Waals surface area contributed by atoms with E-state index < -0.39 is 0 Å². The molecule has 0 unspecified atom stereocenters. The maximum Gasteiger partial charge on any atom is 0.246 e. The number of furan rings is 1. The van der Waals surface area contributed by atoms with Crippen molar-refractivity contribution in [2.24, 2.45) is 0 Å². The molecule has 0 aliphatic rings. The fourth-order valence-corrected chi connectivity index (χ4v) is 4.31. The molecule has 0 bridgehead atoms. The molecular formula is C26H25ClN6O3. The van der Waals surface area contributed by atoms with Gasteiger partial charge in [0.15, 0.2) is 12.4 Å². The normalized spacial score (nSPS) is 11.2. The summed E-state index contributed by atoms with van der Waals surface area (Å²) in [6, 6.07) is 11.1. The molecule has 36 heavy (non-hydrogen) atoms. The van der Waals surface area contributed by atoms with Gasteiger partial charge < -0.3 is 14.5 Å². The van der Waals surface area contributed by atoms with Crippen LogP contribution in [0.2, 0.25) is 5.02 Å². The van der Waals surface area contributed by atoms with E-state index in [-0.39, 0.29) is 19.2 Å². The summed E-state index contributed by atoms with van der Waals surface area (Å²) < 4.78 is 14.8. The lowest BCUT2D eigenvalue weighted by atomic mass is 10.1. The zero-order valence-corrected chi connectivity index (χ0v) is 21.1. The average molecular weight is 505 g/mol. The zero-order chi connectivity index (χ0) is 25.4. The molecule has 1 N–H and O–H groups in total. The van der Waals surface area contributed by atoms with Gasteiger partial charge >= 0.3 is 0 Å². The predicted octanol–water partition coefficient (Wildman–Crippen LogP) is 5.45. The SMILES string of the molecule is Cc1cc(OCn2nc(C)c(NC(=O)Cn3nc(C)c4c(-c5ccco5)ccnc43)c2C)ccc1Cl. The maximum atomic E-state index is 13.0. The predicted molar refractivity (Wildman–Crippen MR) is 137 cm³/mol. The van der Waals surface area contributed by atoms with E-state index in [0.717, 1.165) is 33.7 Å². The maximum absolute atomic E-state index is 13.0. The molecule has 0 fully saturated rings. The first-order valence-electron chi connectivity index (χ1n) is 11.4. The van der Waals surface area contributed by atoms with E-state index in [9.17, 15) is 4.79 Å². The molecular weight excluding hydrogens is 480 g/mol. The lowest BCUT2D eigenvalue weighted by Gasteiger charge is -2.10. The van der Waals surface area contributed by atoms with Gasteiger partial charge in [-0.15, -0.1) is 0 Å². The van der Waals surface area contributed by atoms with Crippen LogP contribution in [0.25, 0.3) is 22.4 Å². The van der Waals surface area contributed by atoms with E-state index >= 15 is 0 Å². The van der Waals surface area contributed by atoms with Crippen molar-refractivity contribution in [2.75, 3.05) is 5.32 Å². The zero-order valence-electron chi connectivity index (χ0n) is 20.4. The number of carbonyl (C=O) groups excluding carboxylic acids is 1. The number of hydrogen-bond donors (Lipinski definition) is 1. The number of amides is 1. The highest BCUT2D eigenvalue weighted by Crippen LogP contribution is 2.30. The van der Waals surface area contributed by atoms with Gasteiger partial charge in [-0.05, 0) is 69.7 Å². The van der Waals surface area contributed by atoms with Crippen LogP contribution in [0, 0.1) is 27.7 Å². The summed E-state index contributed by atoms with van der Waals surface area (Å²) in [6.45, 7) is 7.75. The second kappa shape index (κ2) is 9.50. The van der Waals surface area contributed by atoms with E-state index in [0.29, 0.717) is 27.8 Å². The Morgan fingerprint density at radius 2 is 1.89 bits per heavy atom. The van der Waals surface area contributed by atoms with Crippen molar-refractivity contribution in [3.63, 3.8) is 0 Å². The van der Waals surface area contributed by atoms with Crippen LogP contribution in [-0.4, -0.2) is 30.5 Å². The molecule has 4 aromatic heterocycles. The summed E-state index contributed by atoms with van der Waals surface area (Å²) in [5, 5.41) is 13.6. The minimum atomic E-state index is -0.232. The standard InChI is InChI=1S/C26H25ClN6O3/c1-15-12-19(7-8-21(15)27)36-14-33-18(4)25(17(3)31-33)29-23(34)13-32-26-24(16(2)30-32)20(9-10-28-26)22-6-5-11-35-22/h5-12H,13-14H2,1-4H3,(H,29,34). The molecule has 5 aromatic rings. The number of hydrogen-bond acceptors (Lipinski definition) is 6. The summed E-state index contributed by atoms with van der Waals surface area (Å²) in [5.41, 5.74) is 5.33. The van der Waals surface area contributed by atoms with Gasteiger partial charge in [0.2, 0.25) is 5.91 Å². The molecule has 0 radical (unpaired) electrons. The van der Waals surface area contributed by atoms with Crippen LogP contribution in [0.15, 0.2) is 53.3 Å². The molecule has 4 heterocycles. The number of nitrogens with zero attached hydrogens (tertiary/aromatic N) is 5. The number of halogens is 1. The largest absolute Gasteiger partial charge is 0.471 e. The second-order valence-corrected chi connectivity index (χ2v) is 8.96. The summed E-state index contributed by atoms with van der Waals surface area (Å²) >= 11 is 6.09. The Balaban J connectivity index is 1.32. The number of fused-ring (bicyclic) bond motifs is 1. The molecule has 0 aliphatic carbocycles. The molecule has 1 aromatic carbocycles. The van der Waals surface area contributed by atoms with Crippen LogP contribution < -0.4 is 10.1 Å². The highest BCUT2D eigenvalue weighted by molar-refractivity contribution is 6.31. The molecule has 5 rings (SSSR count). The van der Waals surface area contributed by atoms with Crippen LogP contribution in [0.5, 0.6) is 5.75 Å². The number of aryl methyl sites for hydroxylation is 3. The highest BCUT2D eigenvalue weighted by atomic mass is 35.5. The number of aromatic nitrogens is 5. The third-order valence-electron chi connectivity index (χ3n) is 6.02. The van der Waals surface area contributed by atoms with Crippen molar-refractivity contribution in [3.05, 3.63) is 76.5 Å². The van der Waals surface area contributed by atoms with E-state index in [1.807, 2.05) is 58.0 Å². The highest BCUT2D eigenvalue weighted by Gasteiger charge is 2.19. The van der Waals surface area contributed by atoms with E-state index in [1.165, 1.54) is 0 Å². The first kappa shape index (κ1) is 23.6. The minimum Gasteiger partial charge on any atom is -0.471 e. The van der Waals surface area contributed by atoms with Crippen LogP contribution in [0.4, 0.5) is 5.69 Å². The summed E-state index contributed by atoms with van der Waals surface area (Å²) in [5.74, 6) is 1.19. The second-order valence-electron chi connectivity index (χ2n) is 8.56. The Bertz CT molecular complexity index is 1570. The van der Waals surface area contributed by atoms with Crippen LogP contribution in [-0.2, 0) is 18.1 Å². The van der Waals surface area contributed by atoms with Gasteiger partial charge in [-0.2, -0.15) is 10.2 Å². The minimum absolute atomic E-state index is 0.00353. The number of benzene rings is 1. The molecule has 0 spiro atoms. The molecule has 0 saturated carbocycles. The van der Waals surface area contributed by atoms with Gasteiger partial charge in [0.1, 0.15) is 18.1 Å². The van der Waals surface area contributed by atoms with E-state index in [2.05, 4.69) is 20.5 Å². The number of nitrogens with one attached hydrogen (secondary N) is 1. The van der Waals surface area contributed by atoms with Gasteiger partial charge in [-0.1, -0.05) is 11.6 Å². The molecule has 0 saturated heterocycles. The van der Waals surface area contributed by atoms with Crippen molar-refractivity contribution in [1.29, 1.82) is 0 Å². The Labute approximate surface area is 212 Å². The number of rotatable bonds is 7. The molecule has 184 valence electrons. The van der Waals surface area contributed by atoms with Gasteiger partial charge in [0, 0.05) is 16.8 Å². The van der Waals surface area contributed by atoms with E-state index in [4.69, 9.17) is 20.8 Å². The molecule has 0 aliphatic heterocycles. The third kappa shape index (κ3) is 4.45. The Morgan fingerprint density at radius 3 is 2.64 bits per heavy atom. The van der Waals surface area contributed by atoms with Gasteiger partial charge in [-0.3, -0.25) is 4.79 Å². The Hall–Kier alpha value is -4.11. The molecule has 0 atom stereocenters. The topological polar surface area (TPSA) is 100 Å². The van der Waals surface area contributed by atoms with Crippen LogP contribution in [0.1, 0.15) is 22.6 Å². The fraction of sp³-hybridized carbons (Fsp3) is 0.231.